The lowest BCUT2D eigenvalue weighted by Crippen LogP contribution is -2.37. The first-order valence-electron chi connectivity index (χ1n) is 5.10. The van der Waals surface area contributed by atoms with Crippen LogP contribution in [0.4, 0.5) is 5.69 Å². The van der Waals surface area contributed by atoms with Crippen molar-refractivity contribution < 1.29 is 5.11 Å². The molecule has 0 amide bonds. The maximum absolute atomic E-state index is 10.6. The lowest BCUT2D eigenvalue weighted by atomic mass is 9.77. The van der Waals surface area contributed by atoms with E-state index in [9.17, 15) is 5.11 Å². The topological polar surface area (TPSA) is 32.6 Å². The highest BCUT2D eigenvalue weighted by Gasteiger charge is 2.38. The Balaban J connectivity index is 2.70. The van der Waals surface area contributed by atoms with Crippen LogP contribution in [0.15, 0.2) is 41.9 Å². The first-order chi connectivity index (χ1) is 7.09. The second-order valence-corrected chi connectivity index (χ2v) is 4.02. The minimum atomic E-state index is -0.984. The highest BCUT2D eigenvalue weighted by Crippen LogP contribution is 2.41. The Kier molecular flexibility index (Phi) is 2.24. The fourth-order valence-corrected chi connectivity index (χ4v) is 2.04. The van der Waals surface area contributed by atoms with Crippen LogP contribution in [-0.4, -0.2) is 10.8 Å². The molecule has 1 aromatic rings. The Labute approximate surface area is 90.0 Å². The third kappa shape index (κ3) is 1.33. The van der Waals surface area contributed by atoms with Crippen LogP contribution in [0.3, 0.4) is 0 Å². The Bertz CT molecular complexity index is 436. The van der Waals surface area contributed by atoms with Gasteiger partial charge in [-0.2, -0.15) is 0 Å². The monoisotopic (exact) mass is 201 g/mol. The Morgan fingerprint density at radius 1 is 1.47 bits per heavy atom. The molecule has 78 valence electrons. The number of nitrogens with zero attached hydrogens (tertiary/aromatic N) is 1. The molecule has 2 nitrogen and oxygen atoms in total. The van der Waals surface area contributed by atoms with E-state index in [1.807, 2.05) is 38.1 Å². The predicted octanol–water partition coefficient (Wildman–Crippen LogP) is 2.80. The molecule has 0 aromatic heterocycles. The zero-order valence-electron chi connectivity index (χ0n) is 9.07. The van der Waals surface area contributed by atoms with Crippen LogP contribution < -0.4 is 0 Å². The van der Waals surface area contributed by atoms with E-state index in [-0.39, 0.29) is 5.92 Å². The number of hydrogen-bond acceptors (Lipinski definition) is 2. The lowest BCUT2D eigenvalue weighted by Gasteiger charge is -2.35. The summed E-state index contributed by atoms with van der Waals surface area (Å²) in [6.07, 6.45) is 1.61. The van der Waals surface area contributed by atoms with Crippen molar-refractivity contribution in [1.29, 1.82) is 0 Å². The van der Waals surface area contributed by atoms with Gasteiger partial charge >= 0.3 is 0 Å². The summed E-state index contributed by atoms with van der Waals surface area (Å²) in [5, 5.41) is 10.6. The third-order valence-corrected chi connectivity index (χ3v) is 3.23. The SMILES string of the molecule is C=CC1(O)c2ccccc2N=C(C)C1C. The molecule has 0 fully saturated rings. The summed E-state index contributed by atoms with van der Waals surface area (Å²) in [7, 11) is 0. The summed E-state index contributed by atoms with van der Waals surface area (Å²) in [5.74, 6) is -0.0232. The number of hydrogen-bond donors (Lipinski definition) is 1. The van der Waals surface area contributed by atoms with Gasteiger partial charge in [0.05, 0.1) is 5.69 Å². The van der Waals surface area contributed by atoms with Crippen molar-refractivity contribution in [3.05, 3.63) is 42.5 Å². The number of aliphatic hydroxyl groups is 1. The molecule has 0 radical (unpaired) electrons. The van der Waals surface area contributed by atoms with Crippen molar-refractivity contribution in [3.8, 4) is 0 Å². The van der Waals surface area contributed by atoms with Crippen LogP contribution in [0.1, 0.15) is 19.4 Å². The van der Waals surface area contributed by atoms with E-state index in [4.69, 9.17) is 0 Å². The van der Waals surface area contributed by atoms with E-state index in [1.165, 1.54) is 0 Å². The van der Waals surface area contributed by atoms with E-state index in [2.05, 4.69) is 11.6 Å². The van der Waals surface area contributed by atoms with Crippen molar-refractivity contribution >= 4 is 11.4 Å². The summed E-state index contributed by atoms with van der Waals surface area (Å²) < 4.78 is 0. The maximum atomic E-state index is 10.6. The van der Waals surface area contributed by atoms with Crippen molar-refractivity contribution in [2.75, 3.05) is 0 Å². The average Bonchev–Trinajstić information content (AvgIpc) is 2.26. The molecule has 1 heterocycles. The van der Waals surface area contributed by atoms with E-state index in [1.54, 1.807) is 6.08 Å². The number of aliphatic imine (C=N–C) groups is 1. The molecule has 15 heavy (non-hydrogen) atoms. The second kappa shape index (κ2) is 3.31. The van der Waals surface area contributed by atoms with E-state index >= 15 is 0 Å². The first-order valence-corrected chi connectivity index (χ1v) is 5.10. The molecule has 0 saturated heterocycles. The summed E-state index contributed by atoms with van der Waals surface area (Å²) in [6.45, 7) is 7.64. The van der Waals surface area contributed by atoms with E-state index in [0.717, 1.165) is 17.0 Å². The molecule has 2 atom stereocenters. The van der Waals surface area contributed by atoms with Crippen LogP contribution in [0, 0.1) is 5.92 Å². The van der Waals surface area contributed by atoms with Gasteiger partial charge in [0.25, 0.3) is 0 Å². The number of benzene rings is 1. The predicted molar refractivity (Wildman–Crippen MR) is 62.5 cm³/mol. The lowest BCUT2D eigenvalue weighted by molar-refractivity contribution is 0.0582. The normalized spacial score (nSPS) is 29.3. The molecular formula is C13H15NO. The number of rotatable bonds is 1. The van der Waals surface area contributed by atoms with Crippen molar-refractivity contribution in [1.82, 2.24) is 0 Å². The molecule has 2 rings (SSSR count). The molecule has 0 bridgehead atoms. The fourth-order valence-electron chi connectivity index (χ4n) is 2.04. The van der Waals surface area contributed by atoms with Crippen molar-refractivity contribution in [2.45, 2.75) is 19.4 Å². The Morgan fingerprint density at radius 3 is 2.80 bits per heavy atom. The highest BCUT2D eigenvalue weighted by atomic mass is 16.3. The standard InChI is InChI=1S/C13H15NO/c1-4-13(15)9(2)10(3)14-12-8-6-5-7-11(12)13/h4-9,15H,1H2,2-3H3. The Hall–Kier alpha value is -1.41. The molecule has 1 aromatic carbocycles. The quantitative estimate of drug-likeness (QED) is 0.696. The summed E-state index contributed by atoms with van der Waals surface area (Å²) in [5.41, 5.74) is 1.65. The van der Waals surface area contributed by atoms with Gasteiger partial charge < -0.3 is 5.11 Å². The molecular weight excluding hydrogens is 186 g/mol. The van der Waals surface area contributed by atoms with Crippen molar-refractivity contribution in [3.63, 3.8) is 0 Å². The summed E-state index contributed by atoms with van der Waals surface area (Å²) in [4.78, 5) is 4.48. The minimum Gasteiger partial charge on any atom is -0.380 e. The van der Waals surface area contributed by atoms with Crippen LogP contribution in [-0.2, 0) is 5.60 Å². The number of para-hydroxylation sites is 1. The largest absolute Gasteiger partial charge is 0.380 e. The van der Waals surface area contributed by atoms with Gasteiger partial charge in [0.2, 0.25) is 0 Å². The first kappa shape index (κ1) is 10.1. The van der Waals surface area contributed by atoms with Gasteiger partial charge in [-0.3, -0.25) is 4.99 Å². The maximum Gasteiger partial charge on any atom is 0.117 e. The zero-order valence-corrected chi connectivity index (χ0v) is 9.07. The molecule has 0 spiro atoms. The van der Waals surface area contributed by atoms with Gasteiger partial charge in [0.15, 0.2) is 0 Å². The molecule has 1 aliphatic heterocycles. The molecule has 1 aliphatic rings. The van der Waals surface area contributed by atoms with Gasteiger partial charge in [-0.25, -0.2) is 0 Å². The van der Waals surface area contributed by atoms with Crippen LogP contribution in [0.5, 0.6) is 0 Å². The molecule has 0 aliphatic carbocycles. The molecule has 2 heteroatoms. The second-order valence-electron chi connectivity index (χ2n) is 4.02. The van der Waals surface area contributed by atoms with E-state index in [0.29, 0.717) is 0 Å². The summed E-state index contributed by atoms with van der Waals surface area (Å²) in [6, 6.07) is 7.66. The fraction of sp³-hybridized carbons (Fsp3) is 0.308. The van der Waals surface area contributed by atoms with Crippen LogP contribution >= 0.6 is 0 Å². The van der Waals surface area contributed by atoms with Crippen LogP contribution in [0.2, 0.25) is 0 Å². The molecule has 1 N–H and O–H groups in total. The Morgan fingerprint density at radius 2 is 2.13 bits per heavy atom. The third-order valence-electron chi connectivity index (χ3n) is 3.23. The van der Waals surface area contributed by atoms with Gasteiger partial charge in [0, 0.05) is 17.2 Å². The smallest absolute Gasteiger partial charge is 0.117 e. The zero-order chi connectivity index (χ0) is 11.1. The van der Waals surface area contributed by atoms with E-state index < -0.39 is 5.60 Å². The molecule has 2 unspecified atom stereocenters. The average molecular weight is 201 g/mol. The minimum absolute atomic E-state index is 0.0232. The van der Waals surface area contributed by atoms with Crippen LogP contribution in [0.25, 0.3) is 0 Å². The van der Waals surface area contributed by atoms with Gasteiger partial charge in [-0.1, -0.05) is 37.8 Å². The van der Waals surface area contributed by atoms with Gasteiger partial charge in [0.1, 0.15) is 5.60 Å². The van der Waals surface area contributed by atoms with Gasteiger partial charge in [-0.05, 0) is 13.0 Å². The van der Waals surface area contributed by atoms with Gasteiger partial charge in [-0.15, -0.1) is 0 Å². The molecule has 0 saturated carbocycles. The summed E-state index contributed by atoms with van der Waals surface area (Å²) >= 11 is 0. The number of fused-ring (bicyclic) bond motifs is 1. The van der Waals surface area contributed by atoms with Crippen molar-refractivity contribution in [2.24, 2.45) is 10.9 Å². The highest BCUT2D eigenvalue weighted by molar-refractivity contribution is 5.90.